The van der Waals surface area contributed by atoms with Crippen molar-refractivity contribution in [1.82, 2.24) is 25.3 Å². The first-order chi connectivity index (χ1) is 11.5. The van der Waals surface area contributed by atoms with Crippen LogP contribution in [-0.4, -0.2) is 25.9 Å². The molecule has 0 bridgehead atoms. The van der Waals surface area contributed by atoms with Crippen molar-refractivity contribution in [3.8, 4) is 11.6 Å². The molecule has 3 aromatic heterocycles. The molecule has 0 aliphatic rings. The molecular weight excluding hydrogens is 310 g/mol. The minimum Gasteiger partial charge on any atom is -0.465 e. The number of nitrogens with zero attached hydrogens (tertiary/aromatic N) is 4. The fourth-order valence-electron chi connectivity index (χ4n) is 2.34. The maximum Gasteiger partial charge on any atom is 0.265 e. The summed E-state index contributed by atoms with van der Waals surface area (Å²) in [5, 5.41) is 15.0. The first-order valence-corrected chi connectivity index (χ1v) is 7.66. The molecular formula is C16H19N5O3. The van der Waals surface area contributed by atoms with Crippen molar-refractivity contribution in [3.63, 3.8) is 0 Å². The van der Waals surface area contributed by atoms with Gasteiger partial charge in [0.15, 0.2) is 0 Å². The number of hydrogen-bond donors (Lipinski definition) is 1. The third-order valence-electron chi connectivity index (χ3n) is 3.51. The van der Waals surface area contributed by atoms with Gasteiger partial charge < -0.3 is 14.2 Å². The molecule has 0 fully saturated rings. The molecule has 8 nitrogen and oxygen atoms in total. The predicted molar refractivity (Wildman–Crippen MR) is 84.8 cm³/mol. The number of carbonyl (C=O) groups excluding carboxylic acids is 1. The highest BCUT2D eigenvalue weighted by Gasteiger charge is 2.14. The Morgan fingerprint density at radius 3 is 2.75 bits per heavy atom. The van der Waals surface area contributed by atoms with Gasteiger partial charge in [-0.1, -0.05) is 0 Å². The molecule has 126 valence electrons. The second-order valence-corrected chi connectivity index (χ2v) is 5.58. The van der Waals surface area contributed by atoms with Crippen LogP contribution in [0.25, 0.3) is 11.6 Å². The molecule has 24 heavy (non-hydrogen) atoms. The van der Waals surface area contributed by atoms with Crippen LogP contribution in [0.3, 0.4) is 0 Å². The van der Waals surface area contributed by atoms with Gasteiger partial charge >= 0.3 is 0 Å². The molecule has 1 N–H and O–H groups in total. The number of furan rings is 1. The van der Waals surface area contributed by atoms with E-state index in [0.29, 0.717) is 24.7 Å². The maximum absolute atomic E-state index is 11.9. The summed E-state index contributed by atoms with van der Waals surface area (Å²) in [6, 6.07) is 5.58. The molecule has 0 aromatic carbocycles. The zero-order valence-corrected chi connectivity index (χ0v) is 13.9. The van der Waals surface area contributed by atoms with Crippen molar-refractivity contribution in [2.45, 2.75) is 33.2 Å². The van der Waals surface area contributed by atoms with Gasteiger partial charge in [-0.25, -0.2) is 0 Å². The second kappa shape index (κ2) is 6.69. The van der Waals surface area contributed by atoms with E-state index >= 15 is 0 Å². The predicted octanol–water partition coefficient (Wildman–Crippen LogP) is 1.93. The van der Waals surface area contributed by atoms with Crippen LogP contribution < -0.4 is 5.32 Å². The summed E-state index contributed by atoms with van der Waals surface area (Å²) < 4.78 is 12.7. The third-order valence-corrected chi connectivity index (χ3v) is 3.51. The van der Waals surface area contributed by atoms with Gasteiger partial charge in [0, 0.05) is 19.9 Å². The van der Waals surface area contributed by atoms with Crippen molar-refractivity contribution in [2.75, 3.05) is 0 Å². The highest BCUT2D eigenvalue weighted by atomic mass is 16.4. The van der Waals surface area contributed by atoms with E-state index in [4.69, 9.17) is 8.83 Å². The molecule has 0 unspecified atom stereocenters. The summed E-state index contributed by atoms with van der Waals surface area (Å²) in [5.74, 6) is 2.28. The molecule has 0 aliphatic carbocycles. The topological polar surface area (TPSA) is 99.0 Å². The molecule has 0 spiro atoms. The van der Waals surface area contributed by atoms with Crippen molar-refractivity contribution in [1.29, 1.82) is 0 Å². The van der Waals surface area contributed by atoms with E-state index in [1.807, 2.05) is 39.1 Å². The molecule has 3 aromatic rings. The minimum absolute atomic E-state index is 0.0971. The lowest BCUT2D eigenvalue weighted by atomic mass is 10.3. The molecule has 0 atom stereocenters. The molecule has 0 saturated carbocycles. The first-order valence-electron chi connectivity index (χ1n) is 7.66. The molecule has 3 rings (SSSR count). The van der Waals surface area contributed by atoms with Crippen LogP contribution in [-0.2, 0) is 24.8 Å². The number of aromatic nitrogens is 4. The summed E-state index contributed by atoms with van der Waals surface area (Å²) in [5.41, 5.74) is 1.63. The molecule has 3 heterocycles. The molecule has 0 saturated heterocycles. The monoisotopic (exact) mass is 329 g/mol. The quantitative estimate of drug-likeness (QED) is 0.742. The lowest BCUT2D eigenvalue weighted by Crippen LogP contribution is -2.22. The standard InChI is InChI=1S/C16H19N5O3/c1-10-8-13(21(3)20-10)16-19-18-15(24-16)7-6-14(22)17-9-12-5-4-11(2)23-12/h4-5,8H,6-7,9H2,1-3H3,(H,17,22). The largest absolute Gasteiger partial charge is 0.465 e. The number of carbonyl (C=O) groups is 1. The van der Waals surface area contributed by atoms with Crippen molar-refractivity contribution in [2.24, 2.45) is 7.05 Å². The van der Waals surface area contributed by atoms with Gasteiger partial charge in [-0.15, -0.1) is 10.2 Å². The van der Waals surface area contributed by atoms with Crippen LogP contribution in [0.1, 0.15) is 29.5 Å². The highest BCUT2D eigenvalue weighted by molar-refractivity contribution is 5.75. The number of amides is 1. The molecule has 0 radical (unpaired) electrons. The van der Waals surface area contributed by atoms with E-state index in [2.05, 4.69) is 20.6 Å². The van der Waals surface area contributed by atoms with E-state index in [1.54, 1.807) is 4.68 Å². The summed E-state index contributed by atoms with van der Waals surface area (Å²) in [4.78, 5) is 11.9. The Balaban J connectivity index is 1.51. The normalized spacial score (nSPS) is 11.0. The van der Waals surface area contributed by atoms with Gasteiger partial charge in [0.1, 0.15) is 17.2 Å². The number of rotatable bonds is 6. The van der Waals surface area contributed by atoms with Crippen molar-refractivity contribution >= 4 is 5.91 Å². The van der Waals surface area contributed by atoms with Crippen LogP contribution in [0.15, 0.2) is 27.0 Å². The fraction of sp³-hybridized carbons (Fsp3) is 0.375. The van der Waals surface area contributed by atoms with E-state index in [9.17, 15) is 4.79 Å². The second-order valence-electron chi connectivity index (χ2n) is 5.58. The zero-order valence-electron chi connectivity index (χ0n) is 13.9. The van der Waals surface area contributed by atoms with Crippen LogP contribution in [0.4, 0.5) is 0 Å². The summed E-state index contributed by atoms with van der Waals surface area (Å²) in [6.07, 6.45) is 0.651. The average Bonchev–Trinajstić information content (AvgIpc) is 3.23. The fourth-order valence-corrected chi connectivity index (χ4v) is 2.34. The summed E-state index contributed by atoms with van der Waals surface area (Å²) in [6.45, 7) is 4.13. The first kappa shape index (κ1) is 16.0. The van der Waals surface area contributed by atoms with Gasteiger partial charge in [-0.05, 0) is 32.0 Å². The van der Waals surface area contributed by atoms with Gasteiger partial charge in [-0.2, -0.15) is 5.10 Å². The highest BCUT2D eigenvalue weighted by Crippen LogP contribution is 2.18. The van der Waals surface area contributed by atoms with Crippen LogP contribution in [0, 0.1) is 13.8 Å². The summed E-state index contributed by atoms with van der Waals surface area (Å²) in [7, 11) is 1.82. The van der Waals surface area contributed by atoms with E-state index in [-0.39, 0.29) is 12.3 Å². The number of hydrogen-bond acceptors (Lipinski definition) is 6. The Labute approximate surface area is 138 Å². The Kier molecular flexibility index (Phi) is 4.45. The lowest BCUT2D eigenvalue weighted by molar-refractivity contribution is -0.121. The summed E-state index contributed by atoms with van der Waals surface area (Å²) >= 11 is 0. The van der Waals surface area contributed by atoms with Gasteiger partial charge in [0.2, 0.25) is 11.8 Å². The van der Waals surface area contributed by atoms with Gasteiger partial charge in [0.05, 0.1) is 12.2 Å². The number of nitrogens with one attached hydrogen (secondary N) is 1. The van der Waals surface area contributed by atoms with Crippen molar-refractivity contribution < 1.29 is 13.6 Å². The number of aryl methyl sites for hydroxylation is 4. The van der Waals surface area contributed by atoms with Crippen molar-refractivity contribution in [3.05, 3.63) is 41.3 Å². The Morgan fingerprint density at radius 1 is 1.25 bits per heavy atom. The average molecular weight is 329 g/mol. The Morgan fingerprint density at radius 2 is 2.08 bits per heavy atom. The molecule has 1 amide bonds. The molecule has 0 aliphatic heterocycles. The smallest absolute Gasteiger partial charge is 0.265 e. The van der Waals surface area contributed by atoms with E-state index in [1.165, 1.54) is 0 Å². The minimum atomic E-state index is -0.0971. The Bertz CT molecular complexity index is 846. The SMILES string of the molecule is Cc1cc(-c2nnc(CCC(=O)NCc3ccc(C)o3)o2)n(C)n1. The van der Waals surface area contributed by atoms with Crippen LogP contribution in [0.2, 0.25) is 0 Å². The van der Waals surface area contributed by atoms with Gasteiger partial charge in [-0.3, -0.25) is 9.48 Å². The Hall–Kier alpha value is -2.90. The van der Waals surface area contributed by atoms with Crippen LogP contribution >= 0.6 is 0 Å². The zero-order chi connectivity index (χ0) is 17.1. The van der Waals surface area contributed by atoms with Crippen LogP contribution in [0.5, 0.6) is 0 Å². The van der Waals surface area contributed by atoms with E-state index < -0.39 is 0 Å². The molecule has 8 heteroatoms. The van der Waals surface area contributed by atoms with E-state index in [0.717, 1.165) is 22.9 Å². The van der Waals surface area contributed by atoms with Gasteiger partial charge in [0.25, 0.3) is 5.89 Å². The maximum atomic E-state index is 11.9. The lowest BCUT2D eigenvalue weighted by Gasteiger charge is -2.01. The third kappa shape index (κ3) is 3.70.